The Hall–Kier alpha value is -2.84. The first kappa shape index (κ1) is 33.2. The van der Waals surface area contributed by atoms with Crippen LogP contribution in [0, 0.1) is 0 Å². The van der Waals surface area contributed by atoms with Crippen LogP contribution in [0.25, 0.3) is 0 Å². The van der Waals surface area contributed by atoms with E-state index in [0.29, 0.717) is 12.1 Å². The second-order valence-corrected chi connectivity index (χ2v) is 7.00. The maximum atomic E-state index is 13.8. The highest BCUT2D eigenvalue weighted by Crippen LogP contribution is 2.65. The summed E-state index contributed by atoms with van der Waals surface area (Å²) in [6.07, 6.45) is -15.2. The lowest BCUT2D eigenvalue weighted by Gasteiger charge is -2.43. The number of rotatable bonds is 10. The number of hydrogen-bond donors (Lipinski definition) is 1. The number of halogens is 19. The summed E-state index contributed by atoms with van der Waals surface area (Å²) in [5.74, 6) is -64.8. The molecule has 0 aliphatic carbocycles. The highest BCUT2D eigenvalue weighted by atomic mass is 19.4. The lowest BCUT2D eigenvalue weighted by atomic mass is 9.88. The minimum absolute atomic E-state index is 0.0445. The van der Waals surface area contributed by atoms with Crippen molar-refractivity contribution in [1.82, 2.24) is 0 Å². The molecular formula is C16H6F19NO2. The number of primary amides is 1. The van der Waals surface area contributed by atoms with E-state index in [1.807, 2.05) is 0 Å². The third kappa shape index (κ3) is 4.31. The molecule has 0 radical (unpaired) electrons. The number of para-hydroxylation sites is 1. The van der Waals surface area contributed by atoms with Gasteiger partial charge in [0.2, 0.25) is 0 Å². The molecule has 0 saturated heterocycles. The molecule has 0 heterocycles. The topological polar surface area (TPSA) is 52.3 Å². The molecular weight excluding hydrogens is 599 g/mol. The van der Waals surface area contributed by atoms with Gasteiger partial charge in [-0.3, -0.25) is 4.79 Å². The molecule has 1 rings (SSSR count). The average Bonchev–Trinajstić information content (AvgIpc) is 2.71. The molecule has 1 aromatic rings. The smallest absolute Gasteiger partial charge is 0.427 e. The first-order valence-electron chi connectivity index (χ1n) is 8.57. The van der Waals surface area contributed by atoms with E-state index in [2.05, 4.69) is 10.5 Å². The van der Waals surface area contributed by atoms with E-state index in [9.17, 15) is 88.2 Å². The Labute approximate surface area is 195 Å². The van der Waals surface area contributed by atoms with Crippen LogP contribution in [0.3, 0.4) is 0 Å². The lowest BCUT2D eigenvalue weighted by Crippen LogP contribution is -2.76. The van der Waals surface area contributed by atoms with Crippen LogP contribution < -0.4 is 10.5 Å². The van der Waals surface area contributed by atoms with E-state index in [1.54, 1.807) is 0 Å². The van der Waals surface area contributed by atoms with Crippen molar-refractivity contribution in [1.29, 1.82) is 0 Å². The maximum absolute atomic E-state index is 13.8. The molecule has 0 unspecified atom stereocenters. The van der Waals surface area contributed by atoms with Gasteiger partial charge >= 0.3 is 53.7 Å². The van der Waals surface area contributed by atoms with E-state index >= 15 is 0 Å². The number of carbonyl (C=O) groups excluding carboxylic acids is 1. The van der Waals surface area contributed by atoms with Crippen LogP contribution in [0.1, 0.15) is 10.4 Å². The van der Waals surface area contributed by atoms with Crippen LogP contribution in [-0.4, -0.2) is 59.6 Å². The molecule has 0 aromatic heterocycles. The van der Waals surface area contributed by atoms with Crippen molar-refractivity contribution in [2.24, 2.45) is 5.73 Å². The summed E-state index contributed by atoms with van der Waals surface area (Å²) in [6.45, 7) is 0. The summed E-state index contributed by atoms with van der Waals surface area (Å²) in [5, 5.41) is 0. The van der Waals surface area contributed by atoms with Crippen molar-refractivity contribution < 1.29 is 92.9 Å². The fourth-order valence-corrected chi connectivity index (χ4v) is 2.31. The van der Waals surface area contributed by atoms with Gasteiger partial charge in [0.05, 0.1) is 5.56 Å². The molecule has 0 fully saturated rings. The van der Waals surface area contributed by atoms with Crippen LogP contribution in [0.15, 0.2) is 24.3 Å². The van der Waals surface area contributed by atoms with Crippen LogP contribution >= 0.6 is 0 Å². The molecule has 1 aromatic carbocycles. The van der Waals surface area contributed by atoms with Crippen molar-refractivity contribution in [2.75, 3.05) is 0 Å². The quantitative estimate of drug-likeness (QED) is 0.300. The Morgan fingerprint density at radius 2 is 0.842 bits per heavy atom. The molecule has 2 N–H and O–H groups in total. The molecule has 0 atom stereocenters. The second kappa shape index (κ2) is 8.85. The highest BCUT2D eigenvalue weighted by molar-refractivity contribution is 5.95. The van der Waals surface area contributed by atoms with Gasteiger partial charge in [-0.25, -0.2) is 0 Å². The molecule has 1 amide bonds. The average molecular weight is 605 g/mol. The SMILES string of the molecule is NC(=O)c1ccccc1OC(F)(F)C(F)(F)C(F)(F)C(F)(F)C(F)(F)C(F)(F)C(F)(F)C(F)(F)C(F)(F)F. The maximum Gasteiger partial charge on any atom is 0.471 e. The number of hydrogen-bond acceptors (Lipinski definition) is 2. The molecule has 0 saturated carbocycles. The zero-order chi connectivity index (χ0) is 30.8. The Kier molecular flexibility index (Phi) is 7.73. The van der Waals surface area contributed by atoms with Crippen molar-refractivity contribution in [2.45, 2.75) is 53.7 Å². The molecule has 0 aliphatic heterocycles. The molecule has 0 aliphatic rings. The summed E-state index contributed by atoms with van der Waals surface area (Å²) < 4.78 is 255. The van der Waals surface area contributed by atoms with E-state index < -0.39 is 71.0 Å². The number of amides is 1. The van der Waals surface area contributed by atoms with Crippen molar-refractivity contribution in [3.05, 3.63) is 29.8 Å². The molecule has 22 heteroatoms. The molecule has 220 valence electrons. The first-order chi connectivity index (χ1) is 16.4. The van der Waals surface area contributed by atoms with E-state index in [0.717, 1.165) is 6.07 Å². The predicted molar refractivity (Wildman–Crippen MR) is 81.2 cm³/mol. The number of benzene rings is 1. The van der Waals surface area contributed by atoms with Crippen LogP contribution in [-0.2, 0) is 0 Å². The minimum atomic E-state index is -9.04. The van der Waals surface area contributed by atoms with E-state index in [4.69, 9.17) is 0 Å². The number of nitrogens with two attached hydrogens (primary N) is 1. The number of carbonyl (C=O) groups is 1. The normalized spacial score (nSPS) is 15.4. The Morgan fingerprint density at radius 1 is 0.526 bits per heavy atom. The zero-order valence-corrected chi connectivity index (χ0v) is 16.9. The fourth-order valence-electron chi connectivity index (χ4n) is 2.31. The summed E-state index contributed by atoms with van der Waals surface area (Å²) in [6, 6.07) is 1.64. The Balaban J connectivity index is 3.72. The molecule has 3 nitrogen and oxygen atoms in total. The van der Waals surface area contributed by atoms with Crippen molar-refractivity contribution in [3.63, 3.8) is 0 Å². The van der Waals surface area contributed by atoms with Gasteiger partial charge in [0.25, 0.3) is 5.91 Å². The van der Waals surface area contributed by atoms with Gasteiger partial charge in [0.15, 0.2) is 0 Å². The fraction of sp³-hybridized carbons (Fsp3) is 0.562. The minimum Gasteiger partial charge on any atom is -0.427 e. The lowest BCUT2D eigenvalue weighted by molar-refractivity contribution is -0.476. The van der Waals surface area contributed by atoms with Gasteiger partial charge in [-0.15, -0.1) is 0 Å². The largest absolute Gasteiger partial charge is 0.471 e. The van der Waals surface area contributed by atoms with Gasteiger partial charge in [0, 0.05) is 0 Å². The summed E-state index contributed by atoms with van der Waals surface area (Å²) >= 11 is 0. The van der Waals surface area contributed by atoms with Crippen molar-refractivity contribution in [3.8, 4) is 5.75 Å². The van der Waals surface area contributed by atoms with Crippen LogP contribution in [0.5, 0.6) is 5.75 Å². The van der Waals surface area contributed by atoms with E-state index in [-0.39, 0.29) is 6.07 Å². The first-order valence-corrected chi connectivity index (χ1v) is 8.57. The number of ether oxygens (including phenoxy) is 1. The van der Waals surface area contributed by atoms with Crippen LogP contribution in [0.2, 0.25) is 0 Å². The number of alkyl halides is 19. The second-order valence-electron chi connectivity index (χ2n) is 7.00. The monoisotopic (exact) mass is 605 g/mol. The standard InChI is InChI=1S/C16H6F19NO2/c17-8(18,9(19,20)11(23,24)13(27,28)15(31,32)33)10(21,22)12(25,26)14(29,30)16(34,35)38-6-4-2-1-3-5(6)7(36)37/h1-4H,(H2,36,37). The van der Waals surface area contributed by atoms with Gasteiger partial charge in [-0.1, -0.05) is 12.1 Å². The Bertz CT molecular complexity index is 1050. The third-order valence-corrected chi connectivity index (χ3v) is 4.48. The van der Waals surface area contributed by atoms with Crippen LogP contribution in [0.4, 0.5) is 83.4 Å². The van der Waals surface area contributed by atoms with Gasteiger partial charge in [-0.2, -0.15) is 83.4 Å². The molecule has 0 bridgehead atoms. The highest BCUT2D eigenvalue weighted by Gasteiger charge is 2.97. The summed E-state index contributed by atoms with van der Waals surface area (Å²) in [5.41, 5.74) is 3.21. The Morgan fingerprint density at radius 3 is 1.18 bits per heavy atom. The molecule has 38 heavy (non-hydrogen) atoms. The van der Waals surface area contributed by atoms with Gasteiger partial charge in [0.1, 0.15) is 5.75 Å². The third-order valence-electron chi connectivity index (χ3n) is 4.48. The zero-order valence-electron chi connectivity index (χ0n) is 16.9. The molecule has 0 spiro atoms. The predicted octanol–water partition coefficient (Wildman–Crippen LogP) is 6.77. The van der Waals surface area contributed by atoms with Crippen molar-refractivity contribution >= 4 is 5.91 Å². The van der Waals surface area contributed by atoms with Gasteiger partial charge < -0.3 is 10.5 Å². The summed E-state index contributed by atoms with van der Waals surface area (Å²) in [4.78, 5) is 11.0. The summed E-state index contributed by atoms with van der Waals surface area (Å²) in [7, 11) is 0. The van der Waals surface area contributed by atoms with E-state index in [1.165, 1.54) is 0 Å². The van der Waals surface area contributed by atoms with Gasteiger partial charge in [-0.05, 0) is 12.1 Å².